The van der Waals surface area contributed by atoms with E-state index in [0.29, 0.717) is 12.1 Å². The fraction of sp³-hybridized carbons (Fsp3) is 0.385. The number of urea groups is 1. The first-order valence-corrected chi connectivity index (χ1v) is 8.15. The summed E-state index contributed by atoms with van der Waals surface area (Å²) in [6, 6.07) is 6.10. The Morgan fingerprint density at radius 3 is 2.55 bits per heavy atom. The Labute approximate surface area is 131 Å². The number of hydrogen-bond donors (Lipinski definition) is 2. The fourth-order valence-corrected chi connectivity index (χ4v) is 2.22. The van der Waals surface area contributed by atoms with E-state index in [1.807, 2.05) is 18.4 Å². The minimum Gasteiger partial charge on any atom is -0.467 e. The van der Waals surface area contributed by atoms with Crippen molar-refractivity contribution in [3.8, 4) is 0 Å². The maximum absolute atomic E-state index is 11.8. The van der Waals surface area contributed by atoms with Crippen molar-refractivity contribution in [2.45, 2.75) is 12.5 Å². The van der Waals surface area contributed by atoms with Crippen LogP contribution in [0.2, 0.25) is 0 Å². The molecule has 0 heterocycles. The third-order valence-electron chi connectivity index (χ3n) is 2.50. The van der Waals surface area contributed by atoms with Gasteiger partial charge in [0.25, 0.3) is 0 Å². The van der Waals surface area contributed by atoms with Crippen LogP contribution in [0.4, 0.5) is 10.5 Å². The molecule has 5 nitrogen and oxygen atoms in total. The van der Waals surface area contributed by atoms with E-state index in [0.717, 1.165) is 10.2 Å². The molecular formula is C13H17BrN2O3S. The van der Waals surface area contributed by atoms with Crippen molar-refractivity contribution in [3.63, 3.8) is 0 Å². The molecule has 20 heavy (non-hydrogen) atoms. The highest BCUT2D eigenvalue weighted by Crippen LogP contribution is 2.14. The lowest BCUT2D eigenvalue weighted by molar-refractivity contribution is -0.142. The monoisotopic (exact) mass is 360 g/mol. The Kier molecular flexibility index (Phi) is 7.46. The molecule has 7 heteroatoms. The summed E-state index contributed by atoms with van der Waals surface area (Å²) >= 11 is 4.92. The molecule has 0 radical (unpaired) electrons. The highest BCUT2D eigenvalue weighted by molar-refractivity contribution is 9.10. The van der Waals surface area contributed by atoms with E-state index in [4.69, 9.17) is 0 Å². The fourth-order valence-electron chi connectivity index (χ4n) is 1.49. The Bertz CT molecular complexity index is 453. The quantitative estimate of drug-likeness (QED) is 0.765. The lowest BCUT2D eigenvalue weighted by Gasteiger charge is -2.16. The van der Waals surface area contributed by atoms with Gasteiger partial charge in [0, 0.05) is 10.2 Å². The van der Waals surface area contributed by atoms with Gasteiger partial charge in [-0.25, -0.2) is 9.59 Å². The largest absolute Gasteiger partial charge is 0.467 e. The van der Waals surface area contributed by atoms with Crippen LogP contribution in [-0.4, -0.2) is 37.2 Å². The summed E-state index contributed by atoms with van der Waals surface area (Å²) in [7, 11) is 1.31. The first kappa shape index (κ1) is 16.8. The second kappa shape index (κ2) is 8.86. The highest BCUT2D eigenvalue weighted by atomic mass is 79.9. The molecule has 2 N–H and O–H groups in total. The van der Waals surface area contributed by atoms with Crippen LogP contribution in [0.5, 0.6) is 0 Å². The van der Waals surface area contributed by atoms with Gasteiger partial charge in [-0.3, -0.25) is 0 Å². The predicted octanol–water partition coefficient (Wildman–Crippen LogP) is 2.87. The second-order valence-electron chi connectivity index (χ2n) is 3.96. The number of methoxy groups -OCH3 is 1. The number of benzene rings is 1. The van der Waals surface area contributed by atoms with Gasteiger partial charge in [0.2, 0.25) is 0 Å². The number of ether oxygens (including phenoxy) is 1. The van der Waals surface area contributed by atoms with Crippen LogP contribution in [0.15, 0.2) is 28.7 Å². The summed E-state index contributed by atoms with van der Waals surface area (Å²) in [4.78, 5) is 23.4. The van der Waals surface area contributed by atoms with Gasteiger partial charge in [-0.05, 0) is 42.7 Å². The number of nitrogens with one attached hydrogen (secondary N) is 2. The Morgan fingerprint density at radius 2 is 2.00 bits per heavy atom. The van der Waals surface area contributed by atoms with Gasteiger partial charge >= 0.3 is 12.0 Å². The summed E-state index contributed by atoms with van der Waals surface area (Å²) in [5, 5.41) is 5.29. The Balaban J connectivity index is 2.56. The zero-order valence-electron chi connectivity index (χ0n) is 11.3. The van der Waals surface area contributed by atoms with Gasteiger partial charge in [-0.1, -0.05) is 15.9 Å². The van der Waals surface area contributed by atoms with E-state index in [2.05, 4.69) is 31.3 Å². The maximum Gasteiger partial charge on any atom is 0.328 e. The zero-order chi connectivity index (χ0) is 15.0. The van der Waals surface area contributed by atoms with E-state index in [-0.39, 0.29) is 0 Å². The van der Waals surface area contributed by atoms with Crippen molar-refractivity contribution in [1.82, 2.24) is 5.32 Å². The summed E-state index contributed by atoms with van der Waals surface area (Å²) in [6.45, 7) is 0. The number of hydrogen-bond acceptors (Lipinski definition) is 4. The number of carbonyl (C=O) groups is 2. The van der Waals surface area contributed by atoms with Crippen LogP contribution in [0.1, 0.15) is 6.42 Å². The molecule has 110 valence electrons. The minimum absolute atomic E-state index is 0.427. The number of amides is 2. The lowest BCUT2D eigenvalue weighted by Crippen LogP contribution is -2.44. The summed E-state index contributed by atoms with van der Waals surface area (Å²) in [6.07, 6.45) is 2.47. The van der Waals surface area contributed by atoms with Crippen LogP contribution in [0.3, 0.4) is 0 Å². The van der Waals surface area contributed by atoms with Gasteiger partial charge in [0.1, 0.15) is 6.04 Å². The highest BCUT2D eigenvalue weighted by Gasteiger charge is 2.20. The molecule has 0 saturated heterocycles. The summed E-state index contributed by atoms with van der Waals surface area (Å²) < 4.78 is 5.61. The normalized spacial score (nSPS) is 11.6. The number of halogens is 1. The lowest BCUT2D eigenvalue weighted by atomic mass is 10.2. The van der Waals surface area contributed by atoms with Gasteiger partial charge < -0.3 is 15.4 Å². The van der Waals surface area contributed by atoms with Crippen molar-refractivity contribution in [2.75, 3.05) is 24.4 Å². The SMILES string of the molecule is COC(=O)[C@H](CCSC)NC(=O)Nc1ccc(Br)cc1. The molecule has 0 aliphatic heterocycles. The van der Waals surface area contributed by atoms with Crippen LogP contribution in [0, 0.1) is 0 Å². The summed E-state index contributed by atoms with van der Waals surface area (Å²) in [5.74, 6) is 0.322. The Morgan fingerprint density at radius 1 is 1.35 bits per heavy atom. The second-order valence-corrected chi connectivity index (χ2v) is 5.86. The van der Waals surface area contributed by atoms with E-state index >= 15 is 0 Å². The van der Waals surface area contributed by atoms with Crippen molar-refractivity contribution >= 4 is 45.4 Å². The molecule has 1 rings (SSSR count). The number of rotatable bonds is 6. The van der Waals surface area contributed by atoms with Gasteiger partial charge in [-0.15, -0.1) is 0 Å². The summed E-state index contributed by atoms with van der Waals surface area (Å²) in [5.41, 5.74) is 0.652. The van der Waals surface area contributed by atoms with E-state index in [9.17, 15) is 9.59 Å². The number of carbonyl (C=O) groups excluding carboxylic acids is 2. The van der Waals surface area contributed by atoms with Gasteiger partial charge in [0.15, 0.2) is 0 Å². The van der Waals surface area contributed by atoms with Crippen molar-refractivity contribution in [1.29, 1.82) is 0 Å². The van der Waals surface area contributed by atoms with E-state index < -0.39 is 18.0 Å². The standard InChI is InChI=1S/C13H17BrN2O3S/c1-19-12(17)11(7-8-20-2)16-13(18)15-10-5-3-9(14)4-6-10/h3-6,11H,7-8H2,1-2H3,(H2,15,16,18)/t11-/m0/s1. The molecule has 0 aliphatic rings. The van der Waals surface area contributed by atoms with Crippen LogP contribution in [-0.2, 0) is 9.53 Å². The molecule has 1 aromatic carbocycles. The third-order valence-corrected chi connectivity index (χ3v) is 3.68. The van der Waals surface area contributed by atoms with Crippen LogP contribution < -0.4 is 10.6 Å². The van der Waals surface area contributed by atoms with Gasteiger partial charge in [0.05, 0.1) is 7.11 Å². The first-order chi connectivity index (χ1) is 9.56. The maximum atomic E-state index is 11.8. The van der Waals surface area contributed by atoms with Crippen molar-refractivity contribution in [3.05, 3.63) is 28.7 Å². The molecule has 1 atom stereocenters. The molecule has 0 saturated carbocycles. The number of thioether (sulfide) groups is 1. The van der Waals surface area contributed by atoms with Crippen molar-refractivity contribution in [2.24, 2.45) is 0 Å². The van der Waals surface area contributed by atoms with Gasteiger partial charge in [-0.2, -0.15) is 11.8 Å². The molecule has 0 aliphatic carbocycles. The first-order valence-electron chi connectivity index (χ1n) is 5.96. The molecule has 0 spiro atoms. The average molecular weight is 361 g/mol. The molecule has 0 aromatic heterocycles. The third kappa shape index (κ3) is 5.83. The van der Waals surface area contributed by atoms with E-state index in [1.165, 1.54) is 7.11 Å². The average Bonchev–Trinajstić information content (AvgIpc) is 2.45. The van der Waals surface area contributed by atoms with Crippen LogP contribution >= 0.6 is 27.7 Å². The molecule has 1 aromatic rings. The minimum atomic E-state index is -0.636. The van der Waals surface area contributed by atoms with Crippen LogP contribution in [0.25, 0.3) is 0 Å². The molecule has 0 unspecified atom stereocenters. The zero-order valence-corrected chi connectivity index (χ0v) is 13.7. The van der Waals surface area contributed by atoms with Crippen molar-refractivity contribution < 1.29 is 14.3 Å². The molecule has 0 bridgehead atoms. The Hall–Kier alpha value is -1.21. The molecule has 0 fully saturated rings. The predicted molar refractivity (Wildman–Crippen MR) is 85.1 cm³/mol. The smallest absolute Gasteiger partial charge is 0.328 e. The number of anilines is 1. The number of esters is 1. The topological polar surface area (TPSA) is 67.4 Å². The molecular weight excluding hydrogens is 344 g/mol. The van der Waals surface area contributed by atoms with E-state index in [1.54, 1.807) is 23.9 Å². The molecule has 2 amide bonds.